The number of hydrogen-bond acceptors (Lipinski definition) is 1. The van der Waals surface area contributed by atoms with Gasteiger partial charge in [0.1, 0.15) is 5.82 Å². The van der Waals surface area contributed by atoms with Gasteiger partial charge in [0.15, 0.2) is 0 Å². The molecule has 0 aliphatic heterocycles. The summed E-state index contributed by atoms with van der Waals surface area (Å²) in [5.41, 5.74) is 7.07. The molecule has 1 saturated carbocycles. The second-order valence-corrected chi connectivity index (χ2v) is 5.66. The number of halogens is 1. The molecule has 0 bridgehead atoms. The summed E-state index contributed by atoms with van der Waals surface area (Å²) >= 11 is 0. The Kier molecular flexibility index (Phi) is 4.76. The normalized spacial score (nSPS) is 25.9. The van der Waals surface area contributed by atoms with Crippen LogP contribution in [0, 0.1) is 17.7 Å². The van der Waals surface area contributed by atoms with Gasteiger partial charge >= 0.3 is 0 Å². The molecule has 1 aromatic carbocycles. The van der Waals surface area contributed by atoms with Crippen LogP contribution in [0.3, 0.4) is 0 Å². The second-order valence-electron chi connectivity index (χ2n) is 5.66. The summed E-state index contributed by atoms with van der Waals surface area (Å²) in [5, 5.41) is 0. The molecule has 0 aromatic heterocycles. The van der Waals surface area contributed by atoms with Crippen molar-refractivity contribution < 1.29 is 4.39 Å². The van der Waals surface area contributed by atoms with Crippen LogP contribution in [0.25, 0.3) is 0 Å². The third-order valence-corrected chi connectivity index (χ3v) is 4.42. The summed E-state index contributed by atoms with van der Waals surface area (Å²) in [6.07, 6.45) is 7.00. The lowest BCUT2D eigenvalue weighted by molar-refractivity contribution is 0.228. The van der Waals surface area contributed by atoms with E-state index in [0.717, 1.165) is 11.5 Å². The summed E-state index contributed by atoms with van der Waals surface area (Å²) in [5.74, 6) is 1.29. The number of rotatable bonds is 4. The first-order valence-corrected chi connectivity index (χ1v) is 7.19. The summed E-state index contributed by atoms with van der Waals surface area (Å²) in [7, 11) is 0. The van der Waals surface area contributed by atoms with Gasteiger partial charge in [-0.1, -0.05) is 44.4 Å². The standard InChI is InChI=1S/C16H24FN/c1-2-12-6-5-8-14(10-12)16(18)11-13-7-3-4-9-15(13)17/h3-4,7,9,12,14,16H,2,5-6,8,10-11,18H2,1H3. The van der Waals surface area contributed by atoms with Crippen molar-refractivity contribution in [1.29, 1.82) is 0 Å². The van der Waals surface area contributed by atoms with E-state index < -0.39 is 0 Å². The highest BCUT2D eigenvalue weighted by Crippen LogP contribution is 2.33. The molecule has 100 valence electrons. The van der Waals surface area contributed by atoms with Crippen molar-refractivity contribution in [3.8, 4) is 0 Å². The topological polar surface area (TPSA) is 26.0 Å². The Morgan fingerprint density at radius 3 is 2.83 bits per heavy atom. The van der Waals surface area contributed by atoms with Crippen LogP contribution >= 0.6 is 0 Å². The minimum atomic E-state index is -0.115. The number of benzene rings is 1. The summed E-state index contributed by atoms with van der Waals surface area (Å²) in [6.45, 7) is 2.26. The molecule has 0 amide bonds. The SMILES string of the molecule is CCC1CCCC(C(N)Cc2ccccc2F)C1. The zero-order chi connectivity index (χ0) is 13.0. The molecule has 0 heterocycles. The van der Waals surface area contributed by atoms with Gasteiger partial charge in [-0.05, 0) is 42.7 Å². The summed E-state index contributed by atoms with van der Waals surface area (Å²) in [6, 6.07) is 7.11. The van der Waals surface area contributed by atoms with Crippen LogP contribution in [0.5, 0.6) is 0 Å². The lowest BCUT2D eigenvalue weighted by Crippen LogP contribution is -2.35. The third-order valence-electron chi connectivity index (χ3n) is 4.42. The largest absolute Gasteiger partial charge is 0.327 e. The van der Waals surface area contributed by atoms with Gasteiger partial charge in [0.25, 0.3) is 0 Å². The molecule has 2 N–H and O–H groups in total. The predicted octanol–water partition coefficient (Wildman–Crippen LogP) is 3.91. The van der Waals surface area contributed by atoms with E-state index in [4.69, 9.17) is 5.73 Å². The van der Waals surface area contributed by atoms with Crippen LogP contribution in [0.4, 0.5) is 4.39 Å². The van der Waals surface area contributed by atoms with Crippen molar-refractivity contribution in [3.05, 3.63) is 35.6 Å². The predicted molar refractivity (Wildman–Crippen MR) is 73.8 cm³/mol. The van der Waals surface area contributed by atoms with Crippen molar-refractivity contribution in [2.24, 2.45) is 17.6 Å². The molecule has 1 aromatic rings. The van der Waals surface area contributed by atoms with Crippen LogP contribution in [0.15, 0.2) is 24.3 Å². The zero-order valence-electron chi connectivity index (χ0n) is 11.2. The Hall–Kier alpha value is -0.890. The third kappa shape index (κ3) is 3.32. The number of nitrogens with two attached hydrogens (primary N) is 1. The van der Waals surface area contributed by atoms with E-state index in [0.29, 0.717) is 12.3 Å². The minimum Gasteiger partial charge on any atom is -0.327 e. The molecule has 1 nitrogen and oxygen atoms in total. The van der Waals surface area contributed by atoms with E-state index in [-0.39, 0.29) is 11.9 Å². The smallest absolute Gasteiger partial charge is 0.126 e. The molecule has 1 aliphatic carbocycles. The molecule has 3 atom stereocenters. The summed E-state index contributed by atoms with van der Waals surface area (Å²) in [4.78, 5) is 0. The van der Waals surface area contributed by atoms with Gasteiger partial charge in [0.05, 0.1) is 0 Å². The van der Waals surface area contributed by atoms with E-state index in [1.807, 2.05) is 12.1 Å². The minimum absolute atomic E-state index is 0.108. The maximum Gasteiger partial charge on any atom is 0.126 e. The van der Waals surface area contributed by atoms with Crippen molar-refractivity contribution in [2.45, 2.75) is 51.5 Å². The molecular formula is C16H24FN. The van der Waals surface area contributed by atoms with E-state index in [2.05, 4.69) is 6.92 Å². The van der Waals surface area contributed by atoms with E-state index in [1.54, 1.807) is 6.07 Å². The first-order valence-electron chi connectivity index (χ1n) is 7.19. The molecule has 3 unspecified atom stereocenters. The van der Waals surface area contributed by atoms with Crippen LogP contribution in [-0.4, -0.2) is 6.04 Å². The van der Waals surface area contributed by atoms with Crippen LogP contribution in [-0.2, 0) is 6.42 Å². The summed E-state index contributed by atoms with van der Waals surface area (Å²) < 4.78 is 13.6. The fourth-order valence-corrected chi connectivity index (χ4v) is 3.18. The van der Waals surface area contributed by atoms with E-state index in [9.17, 15) is 4.39 Å². The molecule has 0 saturated heterocycles. The second kappa shape index (κ2) is 6.33. The highest BCUT2D eigenvalue weighted by atomic mass is 19.1. The molecule has 18 heavy (non-hydrogen) atoms. The Bertz CT molecular complexity index is 377. The van der Waals surface area contributed by atoms with E-state index in [1.165, 1.54) is 38.2 Å². The first-order chi connectivity index (χ1) is 8.70. The van der Waals surface area contributed by atoms with Gasteiger partial charge in [-0.2, -0.15) is 0 Å². The van der Waals surface area contributed by atoms with Crippen molar-refractivity contribution in [3.63, 3.8) is 0 Å². The number of hydrogen-bond donors (Lipinski definition) is 1. The van der Waals surface area contributed by atoms with Gasteiger partial charge in [0, 0.05) is 6.04 Å². The lowest BCUT2D eigenvalue weighted by Gasteiger charge is -2.32. The Morgan fingerprint density at radius 2 is 2.11 bits per heavy atom. The van der Waals surface area contributed by atoms with Gasteiger partial charge in [-0.25, -0.2) is 4.39 Å². The molecule has 0 radical (unpaired) electrons. The van der Waals surface area contributed by atoms with Crippen LogP contribution in [0.2, 0.25) is 0 Å². The lowest BCUT2D eigenvalue weighted by atomic mass is 9.76. The first kappa shape index (κ1) is 13.5. The highest BCUT2D eigenvalue weighted by Gasteiger charge is 2.26. The van der Waals surface area contributed by atoms with E-state index >= 15 is 0 Å². The fraction of sp³-hybridized carbons (Fsp3) is 0.625. The maximum atomic E-state index is 13.6. The Labute approximate surface area is 110 Å². The average molecular weight is 249 g/mol. The van der Waals surface area contributed by atoms with Gasteiger partial charge in [0.2, 0.25) is 0 Å². The van der Waals surface area contributed by atoms with Crippen molar-refractivity contribution >= 4 is 0 Å². The molecule has 2 heteroatoms. The Morgan fingerprint density at radius 1 is 1.33 bits per heavy atom. The molecule has 0 spiro atoms. The molecular weight excluding hydrogens is 225 g/mol. The zero-order valence-corrected chi connectivity index (χ0v) is 11.2. The van der Waals surface area contributed by atoms with Crippen LogP contribution in [0.1, 0.15) is 44.6 Å². The average Bonchev–Trinajstić information content (AvgIpc) is 2.41. The van der Waals surface area contributed by atoms with Gasteiger partial charge in [-0.15, -0.1) is 0 Å². The maximum absolute atomic E-state index is 13.6. The van der Waals surface area contributed by atoms with Gasteiger partial charge < -0.3 is 5.73 Å². The highest BCUT2D eigenvalue weighted by molar-refractivity contribution is 5.18. The van der Waals surface area contributed by atoms with Crippen LogP contribution < -0.4 is 5.73 Å². The van der Waals surface area contributed by atoms with Gasteiger partial charge in [-0.3, -0.25) is 0 Å². The molecule has 1 fully saturated rings. The van der Waals surface area contributed by atoms with Crippen molar-refractivity contribution in [1.82, 2.24) is 0 Å². The molecule has 1 aliphatic rings. The molecule has 2 rings (SSSR count). The van der Waals surface area contributed by atoms with Crippen molar-refractivity contribution in [2.75, 3.05) is 0 Å². The monoisotopic (exact) mass is 249 g/mol. The Balaban J connectivity index is 1.95. The quantitative estimate of drug-likeness (QED) is 0.860. The fourth-order valence-electron chi connectivity index (χ4n) is 3.18.